The summed E-state index contributed by atoms with van der Waals surface area (Å²) in [7, 11) is 0. The molecule has 2 rings (SSSR count). The van der Waals surface area contributed by atoms with Gasteiger partial charge < -0.3 is 5.32 Å². The maximum atomic E-state index is 13.9. The number of hydrogen-bond donors (Lipinski definition) is 1. The Bertz CT molecular complexity index is 555. The third-order valence-electron chi connectivity index (χ3n) is 2.82. The van der Waals surface area contributed by atoms with Crippen molar-refractivity contribution in [2.45, 2.75) is 26.7 Å². The van der Waals surface area contributed by atoms with E-state index in [1.807, 2.05) is 13.8 Å². The summed E-state index contributed by atoms with van der Waals surface area (Å²) in [6, 6.07) is 5.37. The number of nitrogens with one attached hydrogen (secondary N) is 1. The Balaban J connectivity index is 2.54. The summed E-state index contributed by atoms with van der Waals surface area (Å²) in [4.78, 5) is 8.60. The van der Waals surface area contributed by atoms with Gasteiger partial charge in [0.25, 0.3) is 0 Å². The van der Waals surface area contributed by atoms with Crippen LogP contribution in [-0.4, -0.2) is 16.5 Å². The van der Waals surface area contributed by atoms with Crippen molar-refractivity contribution in [3.8, 4) is 11.3 Å². The van der Waals surface area contributed by atoms with Crippen molar-refractivity contribution in [3.63, 3.8) is 0 Å². The zero-order valence-electron chi connectivity index (χ0n) is 11.6. The molecule has 106 valence electrons. The highest BCUT2D eigenvalue weighted by molar-refractivity contribution is 5.64. The van der Waals surface area contributed by atoms with Crippen molar-refractivity contribution in [2.75, 3.05) is 11.9 Å². The number of benzene rings is 1. The fourth-order valence-corrected chi connectivity index (χ4v) is 1.97. The van der Waals surface area contributed by atoms with Gasteiger partial charge in [0.15, 0.2) is 0 Å². The molecule has 0 aliphatic carbocycles. The Morgan fingerprint density at radius 1 is 1.10 bits per heavy atom. The molecule has 2 aromatic rings. The molecular formula is C15H17F2N3. The topological polar surface area (TPSA) is 37.8 Å². The predicted molar refractivity (Wildman–Crippen MR) is 75.5 cm³/mol. The lowest BCUT2D eigenvalue weighted by atomic mass is 10.1. The van der Waals surface area contributed by atoms with Gasteiger partial charge in [-0.3, -0.25) is 0 Å². The fourth-order valence-electron chi connectivity index (χ4n) is 1.97. The molecule has 0 aliphatic heterocycles. The van der Waals surface area contributed by atoms with E-state index in [2.05, 4.69) is 15.3 Å². The van der Waals surface area contributed by atoms with Crippen LogP contribution in [0.15, 0.2) is 24.3 Å². The first-order valence-electron chi connectivity index (χ1n) is 6.72. The molecule has 1 N–H and O–H groups in total. The van der Waals surface area contributed by atoms with Gasteiger partial charge in [-0.1, -0.05) is 13.0 Å². The largest absolute Gasteiger partial charge is 0.370 e. The lowest BCUT2D eigenvalue weighted by molar-refractivity contribution is 0.588. The minimum atomic E-state index is -0.617. The molecule has 1 aromatic heterocycles. The normalized spacial score (nSPS) is 10.6. The Hall–Kier alpha value is -2.04. The van der Waals surface area contributed by atoms with Gasteiger partial charge in [0.2, 0.25) is 0 Å². The summed E-state index contributed by atoms with van der Waals surface area (Å²) in [6.07, 6.45) is 1.54. The smallest absolute Gasteiger partial charge is 0.135 e. The molecular weight excluding hydrogens is 260 g/mol. The zero-order valence-corrected chi connectivity index (χ0v) is 11.6. The molecule has 1 heterocycles. The van der Waals surface area contributed by atoms with Crippen molar-refractivity contribution in [2.24, 2.45) is 0 Å². The van der Waals surface area contributed by atoms with Gasteiger partial charge in [-0.05, 0) is 25.5 Å². The van der Waals surface area contributed by atoms with E-state index in [1.54, 1.807) is 6.07 Å². The van der Waals surface area contributed by atoms with E-state index in [1.165, 1.54) is 18.2 Å². The number of hydrogen-bond acceptors (Lipinski definition) is 3. The average molecular weight is 277 g/mol. The molecule has 0 fully saturated rings. The summed E-state index contributed by atoms with van der Waals surface area (Å²) >= 11 is 0. The lowest BCUT2D eigenvalue weighted by Gasteiger charge is -2.10. The van der Waals surface area contributed by atoms with E-state index in [4.69, 9.17) is 0 Å². The number of nitrogens with zero attached hydrogens (tertiary/aromatic N) is 2. The van der Waals surface area contributed by atoms with Crippen LogP contribution in [0.4, 0.5) is 14.6 Å². The fraction of sp³-hybridized carbons (Fsp3) is 0.333. The average Bonchev–Trinajstić information content (AvgIpc) is 2.39. The minimum Gasteiger partial charge on any atom is -0.370 e. The van der Waals surface area contributed by atoms with Crippen LogP contribution < -0.4 is 5.32 Å². The molecule has 0 bridgehead atoms. The highest BCUT2D eigenvalue weighted by atomic mass is 19.1. The molecule has 3 nitrogen and oxygen atoms in total. The third kappa shape index (κ3) is 3.10. The van der Waals surface area contributed by atoms with Crippen LogP contribution in [0.1, 0.15) is 26.1 Å². The van der Waals surface area contributed by atoms with Crippen LogP contribution >= 0.6 is 0 Å². The highest BCUT2D eigenvalue weighted by Gasteiger charge is 2.14. The van der Waals surface area contributed by atoms with Crippen LogP contribution in [0.5, 0.6) is 0 Å². The highest BCUT2D eigenvalue weighted by Crippen LogP contribution is 2.26. The second kappa shape index (κ2) is 6.41. The van der Waals surface area contributed by atoms with E-state index in [0.717, 1.165) is 6.42 Å². The maximum absolute atomic E-state index is 13.9. The van der Waals surface area contributed by atoms with Crippen LogP contribution in [0.25, 0.3) is 11.3 Å². The van der Waals surface area contributed by atoms with Gasteiger partial charge in [-0.15, -0.1) is 0 Å². The van der Waals surface area contributed by atoms with Crippen molar-refractivity contribution in [1.29, 1.82) is 0 Å². The van der Waals surface area contributed by atoms with E-state index in [9.17, 15) is 8.78 Å². The van der Waals surface area contributed by atoms with E-state index in [-0.39, 0.29) is 11.3 Å². The number of aryl methyl sites for hydroxylation is 1. The molecule has 0 saturated heterocycles. The summed E-state index contributed by atoms with van der Waals surface area (Å²) in [6.45, 7) is 4.62. The molecule has 0 spiro atoms. The quantitative estimate of drug-likeness (QED) is 0.903. The molecule has 0 unspecified atom stereocenters. The summed E-state index contributed by atoms with van der Waals surface area (Å²) in [5.41, 5.74) is 0.168. The minimum absolute atomic E-state index is 0.105. The molecule has 0 saturated carbocycles. The van der Waals surface area contributed by atoms with Gasteiger partial charge in [-0.25, -0.2) is 18.7 Å². The first-order valence-corrected chi connectivity index (χ1v) is 6.72. The number of rotatable bonds is 5. The Labute approximate surface area is 117 Å². The van der Waals surface area contributed by atoms with Crippen LogP contribution in [0, 0.1) is 11.6 Å². The summed E-state index contributed by atoms with van der Waals surface area (Å²) in [5, 5.41) is 3.06. The van der Waals surface area contributed by atoms with Crippen molar-refractivity contribution in [1.82, 2.24) is 9.97 Å². The Kier molecular flexibility index (Phi) is 4.61. The number of halogens is 2. The zero-order chi connectivity index (χ0) is 14.5. The Morgan fingerprint density at radius 2 is 1.80 bits per heavy atom. The Morgan fingerprint density at radius 3 is 2.40 bits per heavy atom. The second-order valence-corrected chi connectivity index (χ2v) is 4.43. The van der Waals surface area contributed by atoms with Crippen LogP contribution in [0.2, 0.25) is 0 Å². The second-order valence-electron chi connectivity index (χ2n) is 4.43. The van der Waals surface area contributed by atoms with Crippen LogP contribution in [0.3, 0.4) is 0 Å². The molecule has 20 heavy (non-hydrogen) atoms. The molecule has 0 atom stereocenters. The molecule has 0 aliphatic rings. The van der Waals surface area contributed by atoms with E-state index in [0.29, 0.717) is 24.6 Å². The molecule has 0 amide bonds. The van der Waals surface area contributed by atoms with E-state index >= 15 is 0 Å². The predicted octanol–water partition coefficient (Wildman–Crippen LogP) is 3.81. The molecule has 1 aromatic carbocycles. The van der Waals surface area contributed by atoms with Gasteiger partial charge in [0.1, 0.15) is 23.3 Å². The SMILES string of the molecule is CCCc1nc(NCC)cc(-c2c(F)cccc2F)n1. The molecule has 5 heteroatoms. The van der Waals surface area contributed by atoms with E-state index < -0.39 is 11.6 Å². The summed E-state index contributed by atoms with van der Waals surface area (Å²) < 4.78 is 27.7. The first-order chi connectivity index (χ1) is 9.65. The molecule has 0 radical (unpaired) electrons. The van der Waals surface area contributed by atoms with Gasteiger partial charge in [-0.2, -0.15) is 0 Å². The number of aromatic nitrogens is 2. The lowest BCUT2D eigenvalue weighted by Crippen LogP contribution is -2.05. The van der Waals surface area contributed by atoms with Crippen molar-refractivity contribution >= 4 is 5.82 Å². The van der Waals surface area contributed by atoms with Crippen molar-refractivity contribution < 1.29 is 8.78 Å². The number of anilines is 1. The summed E-state index contributed by atoms with van der Waals surface area (Å²) in [5.74, 6) is -0.0607. The third-order valence-corrected chi connectivity index (χ3v) is 2.82. The maximum Gasteiger partial charge on any atom is 0.135 e. The van der Waals surface area contributed by atoms with Crippen molar-refractivity contribution in [3.05, 3.63) is 41.7 Å². The standard InChI is InChI=1S/C15H17F2N3/c1-3-6-13-19-12(9-14(20-13)18-4-2)15-10(16)7-5-8-11(15)17/h5,7-9H,3-4,6H2,1-2H3,(H,18,19,20). The van der Waals surface area contributed by atoms with Gasteiger partial charge >= 0.3 is 0 Å². The van der Waals surface area contributed by atoms with Crippen LogP contribution in [-0.2, 0) is 6.42 Å². The monoisotopic (exact) mass is 277 g/mol. The van der Waals surface area contributed by atoms with Gasteiger partial charge in [0, 0.05) is 19.0 Å². The first kappa shape index (κ1) is 14.4. The van der Waals surface area contributed by atoms with Gasteiger partial charge in [0.05, 0.1) is 11.3 Å².